The van der Waals surface area contributed by atoms with Crippen molar-refractivity contribution in [2.75, 3.05) is 37.3 Å². The number of likely N-dealkylation sites (N-methyl/N-ethyl adjacent to an activating group) is 1. The SMILES string of the molecule is CN(CC(=O)O)Cc1cccc(Nc2ncnc(-c3ccnc(NCCN)c3)n2)c1. The number of benzene rings is 1. The molecule has 0 spiro atoms. The summed E-state index contributed by atoms with van der Waals surface area (Å²) >= 11 is 0. The molecule has 0 saturated heterocycles. The first-order chi connectivity index (χ1) is 14.5. The molecule has 10 nitrogen and oxygen atoms in total. The highest BCUT2D eigenvalue weighted by Gasteiger charge is 2.08. The van der Waals surface area contributed by atoms with Crippen LogP contribution >= 0.6 is 0 Å². The van der Waals surface area contributed by atoms with Gasteiger partial charge in [-0.05, 0) is 36.9 Å². The van der Waals surface area contributed by atoms with E-state index in [-0.39, 0.29) is 6.54 Å². The predicted molar refractivity (Wildman–Crippen MR) is 114 cm³/mol. The molecule has 2 heterocycles. The predicted octanol–water partition coefficient (Wildman–Crippen LogP) is 1.56. The van der Waals surface area contributed by atoms with Crippen molar-refractivity contribution in [3.8, 4) is 11.4 Å². The number of carbonyl (C=O) groups is 1. The summed E-state index contributed by atoms with van der Waals surface area (Å²) in [6, 6.07) is 11.3. The zero-order chi connectivity index (χ0) is 21.3. The van der Waals surface area contributed by atoms with E-state index in [1.807, 2.05) is 36.4 Å². The quantitative estimate of drug-likeness (QED) is 0.390. The van der Waals surface area contributed by atoms with Crippen LogP contribution < -0.4 is 16.4 Å². The molecular formula is C20H24N8O2. The Labute approximate surface area is 174 Å². The van der Waals surface area contributed by atoms with Gasteiger partial charge in [-0.3, -0.25) is 9.69 Å². The fraction of sp³-hybridized carbons (Fsp3) is 0.250. The largest absolute Gasteiger partial charge is 0.480 e. The highest BCUT2D eigenvalue weighted by molar-refractivity contribution is 5.69. The lowest BCUT2D eigenvalue weighted by atomic mass is 10.2. The molecule has 0 radical (unpaired) electrons. The van der Waals surface area contributed by atoms with Crippen molar-refractivity contribution in [1.82, 2.24) is 24.8 Å². The lowest BCUT2D eigenvalue weighted by Crippen LogP contribution is -2.25. The van der Waals surface area contributed by atoms with Crippen molar-refractivity contribution < 1.29 is 9.90 Å². The van der Waals surface area contributed by atoms with Crippen molar-refractivity contribution in [3.05, 3.63) is 54.5 Å². The fourth-order valence-corrected chi connectivity index (χ4v) is 2.84. The van der Waals surface area contributed by atoms with E-state index < -0.39 is 5.97 Å². The smallest absolute Gasteiger partial charge is 0.317 e. The summed E-state index contributed by atoms with van der Waals surface area (Å²) in [7, 11) is 1.76. The molecule has 10 heteroatoms. The molecule has 30 heavy (non-hydrogen) atoms. The van der Waals surface area contributed by atoms with Gasteiger partial charge in [-0.1, -0.05) is 12.1 Å². The van der Waals surface area contributed by atoms with Crippen LogP contribution in [0.15, 0.2) is 48.9 Å². The minimum atomic E-state index is -0.859. The van der Waals surface area contributed by atoms with Crippen LogP contribution in [0, 0.1) is 0 Å². The third kappa shape index (κ3) is 6.19. The monoisotopic (exact) mass is 408 g/mol. The Balaban J connectivity index is 1.73. The van der Waals surface area contributed by atoms with Crippen molar-refractivity contribution >= 4 is 23.4 Å². The standard InChI is InChI=1S/C20H24N8O2/c1-28(12-18(29)30)11-14-3-2-4-16(9-14)26-20-25-13-24-19(27-20)15-5-7-22-17(10-15)23-8-6-21/h2-5,7,9-10,13H,6,8,11-12,21H2,1H3,(H,22,23)(H,29,30)(H,24,25,26,27). The van der Waals surface area contributed by atoms with Crippen LogP contribution in [0.2, 0.25) is 0 Å². The summed E-state index contributed by atoms with van der Waals surface area (Å²) in [5, 5.41) is 15.2. The minimum Gasteiger partial charge on any atom is -0.480 e. The molecule has 0 unspecified atom stereocenters. The molecule has 3 rings (SSSR count). The maximum atomic E-state index is 10.8. The van der Waals surface area contributed by atoms with Gasteiger partial charge in [-0.2, -0.15) is 4.98 Å². The van der Waals surface area contributed by atoms with Gasteiger partial charge in [0.25, 0.3) is 0 Å². The lowest BCUT2D eigenvalue weighted by Gasteiger charge is -2.14. The van der Waals surface area contributed by atoms with Crippen molar-refractivity contribution in [2.45, 2.75) is 6.54 Å². The van der Waals surface area contributed by atoms with Gasteiger partial charge in [0.05, 0.1) is 6.54 Å². The topological polar surface area (TPSA) is 142 Å². The van der Waals surface area contributed by atoms with Gasteiger partial charge in [0.1, 0.15) is 12.1 Å². The van der Waals surface area contributed by atoms with E-state index in [1.165, 1.54) is 6.33 Å². The Kier molecular flexibility index (Phi) is 7.19. The number of nitrogens with zero attached hydrogens (tertiary/aromatic N) is 5. The van der Waals surface area contributed by atoms with E-state index in [2.05, 4.69) is 30.6 Å². The van der Waals surface area contributed by atoms with Gasteiger partial charge < -0.3 is 21.5 Å². The second kappa shape index (κ2) is 10.2. The maximum Gasteiger partial charge on any atom is 0.317 e. The number of pyridine rings is 1. The Bertz CT molecular complexity index is 998. The van der Waals surface area contributed by atoms with Crippen LogP contribution in [-0.4, -0.2) is 62.6 Å². The van der Waals surface area contributed by atoms with Gasteiger partial charge in [0, 0.05) is 37.1 Å². The molecule has 0 atom stereocenters. The molecule has 0 aliphatic carbocycles. The highest BCUT2D eigenvalue weighted by Crippen LogP contribution is 2.20. The van der Waals surface area contributed by atoms with Crippen LogP contribution in [0.3, 0.4) is 0 Å². The zero-order valence-corrected chi connectivity index (χ0v) is 16.6. The van der Waals surface area contributed by atoms with E-state index in [1.54, 1.807) is 18.1 Å². The summed E-state index contributed by atoms with van der Waals surface area (Å²) in [6.07, 6.45) is 3.13. The molecule has 0 aliphatic rings. The lowest BCUT2D eigenvalue weighted by molar-refractivity contribution is -0.138. The Hall–Kier alpha value is -3.63. The zero-order valence-electron chi connectivity index (χ0n) is 16.6. The van der Waals surface area contributed by atoms with Gasteiger partial charge in [-0.15, -0.1) is 0 Å². The summed E-state index contributed by atoms with van der Waals surface area (Å²) in [5.74, 6) is 0.764. The molecule has 1 aromatic carbocycles. The number of rotatable bonds is 10. The third-order valence-electron chi connectivity index (χ3n) is 4.08. The number of carboxylic acid groups (broad SMARTS) is 1. The first kappa shape index (κ1) is 21.1. The van der Waals surface area contributed by atoms with Crippen LogP contribution in [0.4, 0.5) is 17.5 Å². The molecule has 0 amide bonds. The Morgan fingerprint density at radius 3 is 2.87 bits per heavy atom. The Morgan fingerprint density at radius 2 is 2.07 bits per heavy atom. The molecule has 3 aromatic rings. The normalized spacial score (nSPS) is 10.8. The second-order valence-corrected chi connectivity index (χ2v) is 6.67. The Morgan fingerprint density at radius 1 is 1.20 bits per heavy atom. The van der Waals surface area contributed by atoms with E-state index in [0.717, 1.165) is 16.8 Å². The van der Waals surface area contributed by atoms with Crippen molar-refractivity contribution in [2.24, 2.45) is 5.73 Å². The second-order valence-electron chi connectivity index (χ2n) is 6.67. The number of carboxylic acids is 1. The minimum absolute atomic E-state index is 0.0253. The number of nitrogens with one attached hydrogen (secondary N) is 2. The fourth-order valence-electron chi connectivity index (χ4n) is 2.84. The van der Waals surface area contributed by atoms with E-state index in [9.17, 15) is 4.79 Å². The molecule has 0 bridgehead atoms. The molecule has 2 aromatic heterocycles. The van der Waals surface area contributed by atoms with Crippen LogP contribution in [0.5, 0.6) is 0 Å². The van der Waals surface area contributed by atoms with E-state index >= 15 is 0 Å². The average Bonchev–Trinajstić information content (AvgIpc) is 2.72. The first-order valence-electron chi connectivity index (χ1n) is 9.39. The highest BCUT2D eigenvalue weighted by atomic mass is 16.4. The number of aliphatic carboxylic acids is 1. The van der Waals surface area contributed by atoms with Gasteiger partial charge in [0.15, 0.2) is 5.82 Å². The van der Waals surface area contributed by atoms with Crippen molar-refractivity contribution in [3.63, 3.8) is 0 Å². The molecular weight excluding hydrogens is 384 g/mol. The summed E-state index contributed by atoms with van der Waals surface area (Å²) in [4.78, 5) is 29.7. The molecule has 5 N–H and O–H groups in total. The van der Waals surface area contributed by atoms with Crippen LogP contribution in [0.25, 0.3) is 11.4 Å². The van der Waals surface area contributed by atoms with Gasteiger partial charge in [-0.25, -0.2) is 15.0 Å². The number of aromatic nitrogens is 4. The third-order valence-corrected chi connectivity index (χ3v) is 4.08. The number of anilines is 3. The van der Waals surface area contributed by atoms with E-state index in [0.29, 0.717) is 37.2 Å². The van der Waals surface area contributed by atoms with Crippen molar-refractivity contribution in [1.29, 1.82) is 0 Å². The summed E-state index contributed by atoms with van der Waals surface area (Å²) in [5.41, 5.74) is 8.10. The molecule has 0 fully saturated rings. The molecule has 0 saturated carbocycles. The summed E-state index contributed by atoms with van der Waals surface area (Å²) in [6.45, 7) is 1.62. The first-order valence-corrected chi connectivity index (χ1v) is 9.39. The molecule has 0 aliphatic heterocycles. The van der Waals surface area contributed by atoms with Crippen LogP contribution in [0.1, 0.15) is 5.56 Å². The molecule has 156 valence electrons. The van der Waals surface area contributed by atoms with Crippen LogP contribution in [-0.2, 0) is 11.3 Å². The van der Waals surface area contributed by atoms with Gasteiger partial charge >= 0.3 is 5.97 Å². The van der Waals surface area contributed by atoms with E-state index in [4.69, 9.17) is 10.8 Å². The number of hydrogen-bond donors (Lipinski definition) is 4. The average molecular weight is 408 g/mol. The van der Waals surface area contributed by atoms with Gasteiger partial charge in [0.2, 0.25) is 5.95 Å². The summed E-state index contributed by atoms with van der Waals surface area (Å²) < 4.78 is 0. The number of hydrogen-bond acceptors (Lipinski definition) is 9. The number of nitrogens with two attached hydrogens (primary N) is 1. The maximum absolute atomic E-state index is 10.8.